The van der Waals surface area contributed by atoms with E-state index in [1.54, 1.807) is 13.8 Å². The van der Waals surface area contributed by atoms with E-state index >= 15 is 0 Å². The number of nitrogens with zero attached hydrogens (tertiary/aromatic N) is 1. The molecule has 2 aliphatic heterocycles. The maximum Gasteiger partial charge on any atom is 0.330 e. The van der Waals surface area contributed by atoms with Crippen LogP contribution in [0.25, 0.3) is 0 Å². The summed E-state index contributed by atoms with van der Waals surface area (Å²) >= 11 is 0. The van der Waals surface area contributed by atoms with Crippen molar-refractivity contribution in [2.75, 3.05) is 26.4 Å². The number of primary amides is 1. The fourth-order valence-electron chi connectivity index (χ4n) is 4.25. The fourth-order valence-corrected chi connectivity index (χ4v) is 4.25. The van der Waals surface area contributed by atoms with E-state index in [0.717, 1.165) is 22.9 Å². The van der Waals surface area contributed by atoms with E-state index in [1.165, 1.54) is 0 Å². The summed E-state index contributed by atoms with van der Waals surface area (Å²) in [6, 6.07) is 0.998. The smallest absolute Gasteiger partial charge is 0.330 e. The average Bonchev–Trinajstić information content (AvgIpc) is 3.23. The molecule has 0 unspecified atom stereocenters. The van der Waals surface area contributed by atoms with E-state index in [2.05, 4.69) is 5.32 Å². The number of aromatic nitrogens is 2. The van der Waals surface area contributed by atoms with Crippen LogP contribution in [0, 0.1) is 5.92 Å². The normalized spacial score (nSPS) is 29.1. The summed E-state index contributed by atoms with van der Waals surface area (Å²) in [5, 5.41) is 43.9. The van der Waals surface area contributed by atoms with Gasteiger partial charge in [0.25, 0.3) is 11.5 Å². The molecule has 224 valence electrons. The van der Waals surface area contributed by atoms with Crippen LogP contribution in [0.3, 0.4) is 0 Å². The molecule has 17 nitrogen and oxygen atoms in total. The van der Waals surface area contributed by atoms with Gasteiger partial charge in [-0.25, -0.2) is 4.79 Å². The van der Waals surface area contributed by atoms with Gasteiger partial charge in [-0.2, -0.15) is 0 Å². The van der Waals surface area contributed by atoms with Gasteiger partial charge in [0.2, 0.25) is 12.2 Å². The number of hydrogen-bond acceptors (Lipinski definition) is 13. The lowest BCUT2D eigenvalue weighted by Gasteiger charge is -2.35. The number of rotatable bonds is 13. The lowest BCUT2D eigenvalue weighted by Crippen LogP contribution is -2.53. The molecule has 0 bridgehead atoms. The fraction of sp³-hybridized carbons (Fsp3) is 0.652. The van der Waals surface area contributed by atoms with Gasteiger partial charge in [0.05, 0.1) is 13.2 Å². The molecular formula is C23H34N4O13. The summed E-state index contributed by atoms with van der Waals surface area (Å²) in [6.45, 7) is 3.29. The van der Waals surface area contributed by atoms with Gasteiger partial charge in [0.1, 0.15) is 24.4 Å². The molecule has 2 amide bonds. The largest absolute Gasteiger partial charge is 0.456 e. The molecule has 3 heterocycles. The third-order valence-electron chi connectivity index (χ3n) is 6.20. The third kappa shape index (κ3) is 7.12. The minimum Gasteiger partial charge on any atom is -0.456 e. The SMILES string of the molecule is CCOC(CNC(=O)C1=C[C@H](O)[C@H](O)[C@@H](O[C@@H](C(N)=O)[C@H]2O[C@@H](n3ccc(=O)[nH]c3=O)[C@H](O)[C@@H]2CO)O1)OCC. The predicted molar refractivity (Wildman–Crippen MR) is 131 cm³/mol. The van der Waals surface area contributed by atoms with Crippen LogP contribution in [-0.4, -0.2) is 111 Å². The predicted octanol–water partition coefficient (Wildman–Crippen LogP) is -4.25. The number of aliphatic hydroxyl groups is 4. The molecule has 8 atom stereocenters. The molecule has 1 saturated heterocycles. The number of carbonyl (C=O) groups is 2. The number of nitrogens with one attached hydrogen (secondary N) is 2. The molecule has 3 rings (SSSR count). The maximum atomic E-state index is 12.7. The molecule has 8 N–H and O–H groups in total. The minimum absolute atomic E-state index is 0.0766. The van der Waals surface area contributed by atoms with E-state index in [1.807, 2.05) is 4.98 Å². The Morgan fingerprint density at radius 2 is 1.85 bits per heavy atom. The Morgan fingerprint density at radius 1 is 1.18 bits per heavy atom. The Kier molecular flexibility index (Phi) is 10.9. The highest BCUT2D eigenvalue weighted by molar-refractivity contribution is 5.91. The number of hydrogen-bond donors (Lipinski definition) is 7. The van der Waals surface area contributed by atoms with E-state index in [0.29, 0.717) is 13.2 Å². The van der Waals surface area contributed by atoms with Crippen molar-refractivity contribution in [1.29, 1.82) is 0 Å². The highest BCUT2D eigenvalue weighted by atomic mass is 16.7. The van der Waals surface area contributed by atoms with Crippen molar-refractivity contribution in [3.8, 4) is 0 Å². The highest BCUT2D eigenvalue weighted by Crippen LogP contribution is 2.36. The first-order chi connectivity index (χ1) is 19.0. The highest BCUT2D eigenvalue weighted by Gasteiger charge is 2.51. The summed E-state index contributed by atoms with van der Waals surface area (Å²) in [5.74, 6) is -3.69. The molecule has 0 spiro atoms. The Labute approximate surface area is 227 Å². The quantitative estimate of drug-likeness (QED) is 0.110. The second-order valence-electron chi connectivity index (χ2n) is 8.85. The molecule has 2 aliphatic rings. The van der Waals surface area contributed by atoms with Gasteiger partial charge in [-0.1, -0.05) is 0 Å². The Morgan fingerprint density at radius 3 is 2.42 bits per heavy atom. The molecular weight excluding hydrogens is 540 g/mol. The summed E-state index contributed by atoms with van der Waals surface area (Å²) in [4.78, 5) is 50.7. The van der Waals surface area contributed by atoms with E-state index in [9.17, 15) is 39.6 Å². The summed E-state index contributed by atoms with van der Waals surface area (Å²) in [5.41, 5.74) is 3.86. The van der Waals surface area contributed by atoms with E-state index < -0.39 is 90.7 Å². The zero-order valence-corrected chi connectivity index (χ0v) is 21.7. The van der Waals surface area contributed by atoms with Crippen molar-refractivity contribution in [1.82, 2.24) is 14.9 Å². The van der Waals surface area contributed by atoms with Crippen molar-refractivity contribution in [3.63, 3.8) is 0 Å². The zero-order chi connectivity index (χ0) is 29.6. The third-order valence-corrected chi connectivity index (χ3v) is 6.20. The Bertz CT molecular complexity index is 1160. The average molecular weight is 575 g/mol. The van der Waals surface area contributed by atoms with Crippen LogP contribution in [0.15, 0.2) is 33.7 Å². The van der Waals surface area contributed by atoms with E-state index in [-0.39, 0.29) is 6.54 Å². The van der Waals surface area contributed by atoms with Gasteiger partial charge in [-0.05, 0) is 19.9 Å². The number of aliphatic hydroxyl groups excluding tert-OH is 4. The van der Waals surface area contributed by atoms with Crippen LogP contribution in [0.4, 0.5) is 0 Å². The lowest BCUT2D eigenvalue weighted by molar-refractivity contribution is -0.239. The van der Waals surface area contributed by atoms with Crippen LogP contribution < -0.4 is 22.3 Å². The Hall–Kier alpha value is -3.16. The topological polar surface area (TPSA) is 254 Å². The molecule has 0 saturated carbocycles. The van der Waals surface area contributed by atoms with Crippen LogP contribution in [0.2, 0.25) is 0 Å². The molecule has 40 heavy (non-hydrogen) atoms. The first-order valence-electron chi connectivity index (χ1n) is 12.5. The van der Waals surface area contributed by atoms with Crippen molar-refractivity contribution >= 4 is 11.8 Å². The standard InChI is InChI=1S/C23H34N4O13/c1-3-36-14(37-4-2)8-25-20(34)12-7-11(29)16(32)22(38-12)40-18(19(24)33)17-10(9-28)15(31)21(39-17)27-6-5-13(30)26-23(27)35/h5-7,10-11,14-18,21-22,28-29,31-32H,3-4,8-9H2,1-2H3,(H2,24,33)(H,25,34)(H,26,30,35)/t10-,11-,15+,16-,17-,18+,21+,22+/m0/s1. The van der Waals surface area contributed by atoms with Gasteiger partial charge in [-0.15, -0.1) is 0 Å². The number of ether oxygens (including phenoxy) is 5. The molecule has 0 aliphatic carbocycles. The summed E-state index contributed by atoms with van der Waals surface area (Å²) in [7, 11) is 0. The molecule has 0 aromatic carbocycles. The van der Waals surface area contributed by atoms with Crippen LogP contribution in [-0.2, 0) is 33.3 Å². The van der Waals surface area contributed by atoms with Gasteiger partial charge in [-0.3, -0.25) is 23.9 Å². The molecule has 1 aromatic rings. The molecule has 17 heteroatoms. The monoisotopic (exact) mass is 574 g/mol. The second-order valence-corrected chi connectivity index (χ2v) is 8.85. The second kappa shape index (κ2) is 14.0. The van der Waals surface area contributed by atoms with Crippen molar-refractivity contribution in [3.05, 3.63) is 44.9 Å². The van der Waals surface area contributed by atoms with Gasteiger partial charge < -0.3 is 55.2 Å². The molecule has 1 aromatic heterocycles. The first-order valence-corrected chi connectivity index (χ1v) is 12.5. The van der Waals surface area contributed by atoms with Gasteiger partial charge >= 0.3 is 5.69 Å². The number of nitrogens with two attached hydrogens (primary N) is 1. The van der Waals surface area contributed by atoms with Crippen LogP contribution in [0.5, 0.6) is 0 Å². The number of aromatic amines is 1. The van der Waals surface area contributed by atoms with Crippen molar-refractivity contribution in [2.24, 2.45) is 11.7 Å². The number of H-pyrrole nitrogens is 1. The minimum atomic E-state index is -1.83. The summed E-state index contributed by atoms with van der Waals surface area (Å²) in [6.07, 6.45) is -10.4. The lowest BCUT2D eigenvalue weighted by atomic mass is 9.94. The van der Waals surface area contributed by atoms with Crippen LogP contribution in [0.1, 0.15) is 20.1 Å². The zero-order valence-electron chi connectivity index (χ0n) is 21.7. The van der Waals surface area contributed by atoms with Crippen LogP contribution >= 0.6 is 0 Å². The van der Waals surface area contributed by atoms with Crippen molar-refractivity contribution in [2.45, 2.75) is 63.2 Å². The molecule has 1 fully saturated rings. The molecule has 0 radical (unpaired) electrons. The number of amides is 2. The first kappa shape index (κ1) is 31.4. The van der Waals surface area contributed by atoms with Gasteiger partial charge in [0, 0.05) is 31.4 Å². The van der Waals surface area contributed by atoms with Crippen molar-refractivity contribution < 1.29 is 53.7 Å². The maximum absolute atomic E-state index is 12.7. The van der Waals surface area contributed by atoms with E-state index in [4.69, 9.17) is 29.4 Å². The van der Waals surface area contributed by atoms with Gasteiger partial charge in [0.15, 0.2) is 24.4 Å². The summed E-state index contributed by atoms with van der Waals surface area (Å²) < 4.78 is 28.2. The number of carbonyl (C=O) groups excluding carboxylic acids is 2. The Balaban J connectivity index is 1.77.